The molecule has 1 N–H and O–H groups in total. The molecule has 7 heteroatoms. The van der Waals surface area contributed by atoms with E-state index in [9.17, 15) is 0 Å². The summed E-state index contributed by atoms with van der Waals surface area (Å²) in [5, 5.41) is 3.41. The van der Waals surface area contributed by atoms with Crippen molar-refractivity contribution >= 4 is 5.84 Å². The van der Waals surface area contributed by atoms with Crippen molar-refractivity contribution in [2.75, 3.05) is 52.9 Å². The van der Waals surface area contributed by atoms with E-state index in [0.717, 1.165) is 57.5 Å². The standard InChI is InChI=1S/C28H47N7/c1-5-16-34(17-6-2)19-8-7-18-32(3)21-25-9-11-26(12-10-25)22-35(23-27-29-13-14-30-27)24-28-31-15-20-33(28)4/h9-12,15,20H,5-8,13-14,16-19,21-24H2,1-4H3,(H,29,30). The molecule has 0 saturated carbocycles. The number of hydrogen-bond acceptors (Lipinski definition) is 6. The summed E-state index contributed by atoms with van der Waals surface area (Å²) in [6.45, 7) is 14.8. The number of nitrogens with one attached hydrogen (secondary N) is 1. The van der Waals surface area contributed by atoms with E-state index in [-0.39, 0.29) is 0 Å². The van der Waals surface area contributed by atoms with Crippen LogP contribution in [0.4, 0.5) is 0 Å². The molecule has 1 aromatic carbocycles. The van der Waals surface area contributed by atoms with E-state index in [1.54, 1.807) is 0 Å². The molecular formula is C28H47N7. The molecule has 194 valence electrons. The van der Waals surface area contributed by atoms with Gasteiger partial charge in [0.05, 0.1) is 19.6 Å². The predicted molar refractivity (Wildman–Crippen MR) is 147 cm³/mol. The highest BCUT2D eigenvalue weighted by molar-refractivity contribution is 5.85. The second-order valence-electron chi connectivity index (χ2n) is 9.96. The van der Waals surface area contributed by atoms with Crippen LogP contribution in [0.15, 0.2) is 41.7 Å². The molecule has 0 spiro atoms. The Morgan fingerprint density at radius 1 is 0.857 bits per heavy atom. The van der Waals surface area contributed by atoms with Crippen LogP contribution in [0, 0.1) is 0 Å². The Hall–Kier alpha value is -2.22. The summed E-state index contributed by atoms with van der Waals surface area (Å²) in [4.78, 5) is 16.6. The predicted octanol–water partition coefficient (Wildman–Crippen LogP) is 3.76. The number of rotatable bonds is 17. The summed E-state index contributed by atoms with van der Waals surface area (Å²) < 4.78 is 2.10. The van der Waals surface area contributed by atoms with Gasteiger partial charge in [-0.1, -0.05) is 38.1 Å². The van der Waals surface area contributed by atoms with E-state index < -0.39 is 0 Å². The zero-order valence-corrected chi connectivity index (χ0v) is 22.5. The molecule has 0 atom stereocenters. The number of unbranched alkanes of at least 4 members (excludes halogenated alkanes) is 1. The zero-order valence-electron chi connectivity index (χ0n) is 22.5. The van der Waals surface area contributed by atoms with Gasteiger partial charge >= 0.3 is 0 Å². The third kappa shape index (κ3) is 9.74. The van der Waals surface area contributed by atoms with Crippen molar-refractivity contribution in [3.63, 3.8) is 0 Å². The van der Waals surface area contributed by atoms with E-state index in [4.69, 9.17) is 0 Å². The molecule has 2 aromatic rings. The third-order valence-electron chi connectivity index (χ3n) is 6.63. The minimum Gasteiger partial charge on any atom is -0.371 e. The van der Waals surface area contributed by atoms with Gasteiger partial charge in [0.2, 0.25) is 0 Å². The summed E-state index contributed by atoms with van der Waals surface area (Å²) in [5.74, 6) is 2.17. The monoisotopic (exact) mass is 481 g/mol. The molecule has 0 amide bonds. The number of aryl methyl sites for hydroxylation is 1. The Bertz CT molecular complexity index is 868. The van der Waals surface area contributed by atoms with Gasteiger partial charge in [-0.2, -0.15) is 0 Å². The van der Waals surface area contributed by atoms with E-state index in [0.29, 0.717) is 0 Å². The summed E-state index contributed by atoms with van der Waals surface area (Å²) in [5.41, 5.74) is 2.71. The maximum Gasteiger partial charge on any atom is 0.122 e. The largest absolute Gasteiger partial charge is 0.371 e. The fourth-order valence-electron chi connectivity index (χ4n) is 4.77. The van der Waals surface area contributed by atoms with Crippen LogP contribution < -0.4 is 5.32 Å². The molecule has 7 nitrogen and oxygen atoms in total. The maximum atomic E-state index is 4.60. The van der Waals surface area contributed by atoms with Crippen molar-refractivity contribution in [2.45, 2.75) is 59.2 Å². The van der Waals surface area contributed by atoms with Crippen molar-refractivity contribution in [1.29, 1.82) is 0 Å². The maximum absolute atomic E-state index is 4.60. The normalized spacial score (nSPS) is 13.7. The fourth-order valence-corrected chi connectivity index (χ4v) is 4.77. The van der Waals surface area contributed by atoms with Crippen LogP contribution in [-0.2, 0) is 26.7 Å². The van der Waals surface area contributed by atoms with Crippen LogP contribution in [0.3, 0.4) is 0 Å². The Labute approximate surface area is 213 Å². The second kappa shape index (κ2) is 15.0. The average molecular weight is 482 g/mol. The minimum atomic E-state index is 0.808. The van der Waals surface area contributed by atoms with Gasteiger partial charge in [-0.3, -0.25) is 9.89 Å². The Kier molecular flexibility index (Phi) is 11.7. The molecule has 1 aliphatic heterocycles. The first kappa shape index (κ1) is 27.4. The Morgan fingerprint density at radius 3 is 2.14 bits per heavy atom. The number of amidine groups is 1. The van der Waals surface area contributed by atoms with E-state index in [1.165, 1.54) is 56.4 Å². The molecule has 0 fully saturated rings. The van der Waals surface area contributed by atoms with Crippen molar-refractivity contribution in [2.24, 2.45) is 12.0 Å². The van der Waals surface area contributed by atoms with Crippen LogP contribution >= 0.6 is 0 Å². The van der Waals surface area contributed by atoms with Gasteiger partial charge in [0.25, 0.3) is 0 Å². The Morgan fingerprint density at radius 2 is 1.54 bits per heavy atom. The van der Waals surface area contributed by atoms with E-state index >= 15 is 0 Å². The molecule has 1 aliphatic rings. The summed E-state index contributed by atoms with van der Waals surface area (Å²) in [7, 11) is 4.30. The van der Waals surface area contributed by atoms with Crippen molar-refractivity contribution in [1.82, 2.24) is 29.6 Å². The quantitative estimate of drug-likeness (QED) is 0.349. The van der Waals surface area contributed by atoms with Gasteiger partial charge in [0.1, 0.15) is 11.7 Å². The van der Waals surface area contributed by atoms with Gasteiger partial charge in [0, 0.05) is 39.1 Å². The SMILES string of the molecule is CCCN(CCC)CCCCN(C)Cc1ccc(CN(CC2=NCCN2)Cc2nccn2C)cc1. The van der Waals surface area contributed by atoms with Crippen LogP contribution in [0.1, 0.15) is 56.5 Å². The molecular weight excluding hydrogens is 434 g/mol. The van der Waals surface area contributed by atoms with Crippen LogP contribution in [-0.4, -0.2) is 82.9 Å². The number of aliphatic imine (C=N–C) groups is 1. The van der Waals surface area contributed by atoms with Crippen molar-refractivity contribution in [3.05, 3.63) is 53.6 Å². The molecule has 0 unspecified atom stereocenters. The first-order valence-corrected chi connectivity index (χ1v) is 13.5. The first-order valence-electron chi connectivity index (χ1n) is 13.5. The minimum absolute atomic E-state index is 0.808. The highest BCUT2D eigenvalue weighted by atomic mass is 15.2. The number of aromatic nitrogens is 2. The lowest BCUT2D eigenvalue weighted by molar-refractivity contribution is 0.255. The topological polar surface area (TPSA) is 51.9 Å². The lowest BCUT2D eigenvalue weighted by Gasteiger charge is -2.23. The smallest absolute Gasteiger partial charge is 0.122 e. The molecule has 3 rings (SSSR count). The number of benzene rings is 1. The summed E-state index contributed by atoms with van der Waals surface area (Å²) in [6.07, 6.45) is 8.94. The first-order chi connectivity index (χ1) is 17.1. The van der Waals surface area contributed by atoms with Gasteiger partial charge in [-0.05, 0) is 70.0 Å². The lowest BCUT2D eigenvalue weighted by Crippen LogP contribution is -2.35. The molecule has 0 radical (unpaired) electrons. The highest BCUT2D eigenvalue weighted by Gasteiger charge is 2.15. The van der Waals surface area contributed by atoms with Crippen LogP contribution in [0.2, 0.25) is 0 Å². The van der Waals surface area contributed by atoms with Crippen LogP contribution in [0.5, 0.6) is 0 Å². The van der Waals surface area contributed by atoms with Gasteiger partial charge in [-0.15, -0.1) is 0 Å². The highest BCUT2D eigenvalue weighted by Crippen LogP contribution is 2.13. The number of imidazole rings is 1. The third-order valence-corrected chi connectivity index (χ3v) is 6.63. The second-order valence-corrected chi connectivity index (χ2v) is 9.96. The van der Waals surface area contributed by atoms with E-state index in [1.807, 2.05) is 12.4 Å². The van der Waals surface area contributed by atoms with E-state index in [2.05, 4.69) is 86.8 Å². The van der Waals surface area contributed by atoms with Crippen molar-refractivity contribution < 1.29 is 0 Å². The summed E-state index contributed by atoms with van der Waals surface area (Å²) in [6, 6.07) is 9.15. The summed E-state index contributed by atoms with van der Waals surface area (Å²) >= 11 is 0. The molecule has 0 saturated heterocycles. The molecule has 2 heterocycles. The molecule has 35 heavy (non-hydrogen) atoms. The molecule has 1 aromatic heterocycles. The number of nitrogens with zero attached hydrogens (tertiary/aromatic N) is 6. The average Bonchev–Trinajstić information content (AvgIpc) is 3.50. The molecule has 0 bridgehead atoms. The zero-order chi connectivity index (χ0) is 24.9. The van der Waals surface area contributed by atoms with Gasteiger partial charge in [-0.25, -0.2) is 4.98 Å². The molecule has 0 aliphatic carbocycles. The lowest BCUT2D eigenvalue weighted by atomic mass is 10.1. The Balaban J connectivity index is 1.46. The van der Waals surface area contributed by atoms with Gasteiger partial charge in [0.15, 0.2) is 0 Å². The number of hydrogen-bond donors (Lipinski definition) is 1. The van der Waals surface area contributed by atoms with Gasteiger partial charge < -0.3 is 19.7 Å². The van der Waals surface area contributed by atoms with Crippen molar-refractivity contribution in [3.8, 4) is 0 Å². The van der Waals surface area contributed by atoms with Crippen LogP contribution in [0.25, 0.3) is 0 Å². The fraction of sp³-hybridized carbons (Fsp3) is 0.643.